The number of anilines is 3. The van der Waals surface area contributed by atoms with Crippen molar-refractivity contribution in [3.8, 4) is 89.0 Å². The summed E-state index contributed by atoms with van der Waals surface area (Å²) in [4.78, 5) is 2.43. The van der Waals surface area contributed by atoms with E-state index in [1.165, 1.54) is 111 Å². The van der Waals surface area contributed by atoms with Crippen LogP contribution in [0.15, 0.2) is 261 Å². The summed E-state index contributed by atoms with van der Waals surface area (Å²) < 4.78 is 0. The fraction of sp³-hybridized carbons (Fsp3) is 0.0833. The Kier molecular flexibility index (Phi) is 10.6. The molecule has 0 unspecified atom stereocenters. The molecule has 0 radical (unpaired) electrons. The summed E-state index contributed by atoms with van der Waals surface area (Å²) in [7, 11) is 0. The molecule has 0 spiro atoms. The maximum Gasteiger partial charge on any atom is 0.0465 e. The Morgan fingerprint density at radius 3 is 0.877 bits per heavy atom. The van der Waals surface area contributed by atoms with E-state index in [9.17, 15) is 0 Å². The molecular weight excluding hydrogens is 879 g/mol. The van der Waals surface area contributed by atoms with E-state index in [0.717, 1.165) is 17.1 Å². The monoisotopic (exact) mass is 933 g/mol. The van der Waals surface area contributed by atoms with Crippen LogP contribution in [0.2, 0.25) is 0 Å². The van der Waals surface area contributed by atoms with Crippen molar-refractivity contribution in [2.45, 2.75) is 38.5 Å². The fourth-order valence-corrected chi connectivity index (χ4v) is 11.8. The van der Waals surface area contributed by atoms with E-state index >= 15 is 0 Å². The van der Waals surface area contributed by atoms with Gasteiger partial charge in [-0.15, -0.1) is 0 Å². The first-order valence-corrected chi connectivity index (χ1v) is 25.6. The van der Waals surface area contributed by atoms with Gasteiger partial charge in [-0.05, 0) is 160 Å². The standard InChI is InChI=1S/C72H55N/c1-71(2)67-18-12-11-17-63(67)64-42-35-59(45-68(64)71)57-33-39-61(40-34-57)73(60-37-31-55(32-38-60)54-25-21-51(22-26-54)49-15-9-6-10-16-49)62-41-44-66-65-43-36-58(46-69(65)72(3,4)70(66)47-62)56-29-27-53(28-30-56)52-23-19-50(20-24-52)48-13-7-5-8-14-48/h5-47H,1-4H3. The summed E-state index contributed by atoms with van der Waals surface area (Å²) in [6.45, 7) is 9.49. The third-order valence-electron chi connectivity index (χ3n) is 16.0. The summed E-state index contributed by atoms with van der Waals surface area (Å²) in [5.41, 5.74) is 28.5. The van der Waals surface area contributed by atoms with Gasteiger partial charge in [0.1, 0.15) is 0 Å². The van der Waals surface area contributed by atoms with Gasteiger partial charge in [0, 0.05) is 27.9 Å². The van der Waals surface area contributed by atoms with Crippen LogP contribution in [0.5, 0.6) is 0 Å². The molecule has 0 atom stereocenters. The van der Waals surface area contributed by atoms with Gasteiger partial charge in [-0.2, -0.15) is 0 Å². The number of benzene rings is 11. The normalized spacial score (nSPS) is 13.4. The van der Waals surface area contributed by atoms with Crippen molar-refractivity contribution < 1.29 is 0 Å². The molecule has 1 heteroatoms. The summed E-state index contributed by atoms with van der Waals surface area (Å²) >= 11 is 0. The highest BCUT2D eigenvalue weighted by Gasteiger charge is 2.37. The second-order valence-electron chi connectivity index (χ2n) is 20.9. The second kappa shape index (κ2) is 17.5. The predicted molar refractivity (Wildman–Crippen MR) is 309 cm³/mol. The molecule has 0 fully saturated rings. The van der Waals surface area contributed by atoms with Gasteiger partial charge in [0.2, 0.25) is 0 Å². The van der Waals surface area contributed by atoms with Crippen LogP contribution in [0.3, 0.4) is 0 Å². The van der Waals surface area contributed by atoms with Gasteiger partial charge < -0.3 is 4.90 Å². The van der Waals surface area contributed by atoms with E-state index < -0.39 is 0 Å². The van der Waals surface area contributed by atoms with E-state index in [1.807, 2.05) is 0 Å². The van der Waals surface area contributed by atoms with Gasteiger partial charge >= 0.3 is 0 Å². The molecule has 2 aliphatic carbocycles. The smallest absolute Gasteiger partial charge is 0.0465 e. The molecule has 0 bridgehead atoms. The van der Waals surface area contributed by atoms with Crippen LogP contribution < -0.4 is 4.90 Å². The Bertz CT molecular complexity index is 3830. The largest absolute Gasteiger partial charge is 0.310 e. The molecule has 1 nitrogen and oxygen atoms in total. The molecule has 73 heavy (non-hydrogen) atoms. The maximum absolute atomic E-state index is 2.44. The zero-order valence-electron chi connectivity index (χ0n) is 41.8. The zero-order chi connectivity index (χ0) is 49.3. The minimum atomic E-state index is -0.219. The molecule has 0 heterocycles. The lowest BCUT2D eigenvalue weighted by atomic mass is 9.81. The quantitative estimate of drug-likeness (QED) is 0.139. The van der Waals surface area contributed by atoms with Crippen LogP contribution in [-0.4, -0.2) is 0 Å². The van der Waals surface area contributed by atoms with Crippen molar-refractivity contribution in [2.24, 2.45) is 0 Å². The second-order valence-corrected chi connectivity index (χ2v) is 20.9. The van der Waals surface area contributed by atoms with Crippen molar-refractivity contribution in [2.75, 3.05) is 4.90 Å². The third kappa shape index (κ3) is 7.72. The van der Waals surface area contributed by atoms with Crippen LogP contribution in [0.1, 0.15) is 49.9 Å². The Morgan fingerprint density at radius 1 is 0.205 bits per heavy atom. The molecule has 0 N–H and O–H groups in total. The lowest BCUT2D eigenvalue weighted by Gasteiger charge is -2.28. The van der Waals surface area contributed by atoms with Crippen molar-refractivity contribution in [1.29, 1.82) is 0 Å². The molecule has 0 saturated heterocycles. The topological polar surface area (TPSA) is 3.24 Å². The Morgan fingerprint density at radius 2 is 0.466 bits per heavy atom. The first kappa shape index (κ1) is 44.2. The molecule has 11 aromatic rings. The average molecular weight is 934 g/mol. The van der Waals surface area contributed by atoms with E-state index in [0.29, 0.717) is 0 Å². The SMILES string of the molecule is CC1(C)c2ccccc2-c2ccc(-c3ccc(N(c4ccc(-c5ccc(-c6ccccc6)cc5)cc4)c4ccc5c(c4)C(C)(C)c4cc(-c6ccc(-c7ccc(-c8ccccc8)cc7)cc6)ccc4-5)cc3)cc21. The Hall–Kier alpha value is -8.78. The van der Waals surface area contributed by atoms with Gasteiger partial charge in [-0.25, -0.2) is 0 Å². The molecular formula is C72H55N. The molecule has 0 aromatic heterocycles. The number of fused-ring (bicyclic) bond motifs is 6. The van der Waals surface area contributed by atoms with Crippen molar-refractivity contribution >= 4 is 17.1 Å². The molecule has 0 saturated carbocycles. The van der Waals surface area contributed by atoms with Gasteiger partial charge in [-0.1, -0.05) is 240 Å². The minimum Gasteiger partial charge on any atom is -0.310 e. The van der Waals surface area contributed by atoms with E-state index in [-0.39, 0.29) is 10.8 Å². The van der Waals surface area contributed by atoms with Crippen LogP contribution in [0.25, 0.3) is 89.0 Å². The first-order chi connectivity index (χ1) is 35.7. The van der Waals surface area contributed by atoms with E-state index in [2.05, 4.69) is 293 Å². The third-order valence-corrected chi connectivity index (χ3v) is 16.0. The fourth-order valence-electron chi connectivity index (χ4n) is 11.8. The molecule has 2 aliphatic rings. The Labute approximate surface area is 430 Å². The highest BCUT2D eigenvalue weighted by Crippen LogP contribution is 2.53. The molecule has 0 amide bonds. The number of nitrogens with zero attached hydrogens (tertiary/aromatic N) is 1. The summed E-state index contributed by atoms with van der Waals surface area (Å²) in [6, 6.07) is 96.4. The summed E-state index contributed by atoms with van der Waals surface area (Å²) in [5, 5.41) is 0. The molecule has 0 aliphatic heterocycles. The first-order valence-electron chi connectivity index (χ1n) is 25.6. The average Bonchev–Trinajstić information content (AvgIpc) is 3.82. The lowest BCUT2D eigenvalue weighted by molar-refractivity contribution is 0.660. The van der Waals surface area contributed by atoms with Crippen LogP contribution in [0, 0.1) is 0 Å². The van der Waals surface area contributed by atoms with Gasteiger partial charge in [0.25, 0.3) is 0 Å². The highest BCUT2D eigenvalue weighted by molar-refractivity contribution is 5.89. The predicted octanol–water partition coefficient (Wildman–Crippen LogP) is 19.8. The lowest BCUT2D eigenvalue weighted by Crippen LogP contribution is -2.16. The number of rotatable bonds is 9. The number of hydrogen-bond acceptors (Lipinski definition) is 1. The molecule has 348 valence electrons. The van der Waals surface area contributed by atoms with Gasteiger partial charge in [0.05, 0.1) is 0 Å². The van der Waals surface area contributed by atoms with E-state index in [1.54, 1.807) is 0 Å². The van der Waals surface area contributed by atoms with Gasteiger partial charge in [-0.3, -0.25) is 0 Å². The van der Waals surface area contributed by atoms with Crippen molar-refractivity contribution in [1.82, 2.24) is 0 Å². The Balaban J connectivity index is 0.824. The summed E-state index contributed by atoms with van der Waals surface area (Å²) in [5.74, 6) is 0. The molecule has 11 aromatic carbocycles. The number of hydrogen-bond donors (Lipinski definition) is 0. The zero-order valence-corrected chi connectivity index (χ0v) is 41.8. The van der Waals surface area contributed by atoms with Crippen molar-refractivity contribution in [3.63, 3.8) is 0 Å². The van der Waals surface area contributed by atoms with Crippen LogP contribution in [-0.2, 0) is 10.8 Å². The minimum absolute atomic E-state index is 0.0554. The van der Waals surface area contributed by atoms with E-state index in [4.69, 9.17) is 0 Å². The molecule has 13 rings (SSSR count). The highest BCUT2D eigenvalue weighted by atomic mass is 15.1. The maximum atomic E-state index is 2.44. The van der Waals surface area contributed by atoms with Crippen LogP contribution in [0.4, 0.5) is 17.1 Å². The van der Waals surface area contributed by atoms with Gasteiger partial charge in [0.15, 0.2) is 0 Å². The summed E-state index contributed by atoms with van der Waals surface area (Å²) in [6.07, 6.45) is 0. The van der Waals surface area contributed by atoms with Crippen molar-refractivity contribution in [3.05, 3.63) is 283 Å². The van der Waals surface area contributed by atoms with Crippen LogP contribution >= 0.6 is 0 Å².